The first-order valence-corrected chi connectivity index (χ1v) is 8.72. The summed E-state index contributed by atoms with van der Waals surface area (Å²) < 4.78 is 10.4. The van der Waals surface area contributed by atoms with Gasteiger partial charge in [-0.3, -0.25) is 19.2 Å². The molecule has 0 rings (SSSR count). The van der Waals surface area contributed by atoms with Gasteiger partial charge in [-0.2, -0.15) is 0 Å². The van der Waals surface area contributed by atoms with Crippen LogP contribution in [0.2, 0.25) is 0 Å². The first kappa shape index (κ1) is 25.7. The lowest BCUT2D eigenvalue weighted by atomic mass is 10.4. The van der Waals surface area contributed by atoms with Gasteiger partial charge in [-0.15, -0.1) is 0 Å². The standard InChI is InChI=1S/C15H30N6O7/c16-7-12(23)19-10-15(26)20-9-14(25)18-2-4-28-6-5-27-3-1-11(22)21-13(24)8-17/h13,24H,1-10,16-17H2,(H,18,25)(H,19,23)(H,20,26)(H,21,22)/t13-/m1/s1. The normalized spacial score (nSPS) is 11.4. The summed E-state index contributed by atoms with van der Waals surface area (Å²) >= 11 is 0. The molecule has 0 heterocycles. The molecule has 0 aromatic heterocycles. The van der Waals surface area contributed by atoms with E-state index in [4.69, 9.17) is 26.0 Å². The molecule has 162 valence electrons. The number of aliphatic hydroxyl groups excluding tert-OH is 1. The molecule has 0 bridgehead atoms. The lowest BCUT2D eigenvalue weighted by molar-refractivity contribution is -0.127. The molecule has 0 fully saturated rings. The van der Waals surface area contributed by atoms with Crippen molar-refractivity contribution in [3.05, 3.63) is 0 Å². The largest absolute Gasteiger partial charge is 0.379 e. The average molecular weight is 406 g/mol. The predicted octanol–water partition coefficient (Wildman–Crippen LogP) is -4.89. The van der Waals surface area contributed by atoms with Gasteiger partial charge in [0.05, 0.1) is 52.5 Å². The summed E-state index contributed by atoms with van der Waals surface area (Å²) in [5.74, 6) is -1.73. The van der Waals surface area contributed by atoms with Gasteiger partial charge in [-0.25, -0.2) is 0 Å². The van der Waals surface area contributed by atoms with Crippen LogP contribution in [-0.4, -0.2) is 94.1 Å². The van der Waals surface area contributed by atoms with Crippen LogP contribution in [0.1, 0.15) is 6.42 Å². The Morgan fingerprint density at radius 3 is 1.96 bits per heavy atom. The van der Waals surface area contributed by atoms with Crippen molar-refractivity contribution in [3.8, 4) is 0 Å². The van der Waals surface area contributed by atoms with Crippen molar-refractivity contribution in [2.45, 2.75) is 12.6 Å². The van der Waals surface area contributed by atoms with E-state index in [-0.39, 0.29) is 71.5 Å². The van der Waals surface area contributed by atoms with E-state index in [1.807, 2.05) is 0 Å². The SMILES string of the molecule is NCC(=O)NCC(=O)NCC(=O)NCCOCCOCCC(=O)N[C@H](O)CN. The highest BCUT2D eigenvalue weighted by atomic mass is 16.5. The van der Waals surface area contributed by atoms with Crippen LogP contribution in [0.15, 0.2) is 0 Å². The van der Waals surface area contributed by atoms with Gasteiger partial charge in [0, 0.05) is 13.1 Å². The van der Waals surface area contributed by atoms with Crippen LogP contribution in [0.4, 0.5) is 0 Å². The molecule has 0 aliphatic carbocycles. The van der Waals surface area contributed by atoms with Crippen LogP contribution >= 0.6 is 0 Å². The molecule has 13 nitrogen and oxygen atoms in total. The van der Waals surface area contributed by atoms with Gasteiger partial charge in [-0.1, -0.05) is 0 Å². The summed E-state index contributed by atoms with van der Waals surface area (Å²) in [4.78, 5) is 45.0. The molecule has 28 heavy (non-hydrogen) atoms. The quantitative estimate of drug-likeness (QED) is 0.0966. The molecular weight excluding hydrogens is 376 g/mol. The molecule has 1 atom stereocenters. The van der Waals surface area contributed by atoms with Gasteiger partial charge in [0.25, 0.3) is 0 Å². The maximum Gasteiger partial charge on any atom is 0.239 e. The van der Waals surface area contributed by atoms with Crippen molar-refractivity contribution in [1.29, 1.82) is 0 Å². The molecule has 0 aromatic carbocycles. The van der Waals surface area contributed by atoms with Crippen LogP contribution < -0.4 is 32.7 Å². The van der Waals surface area contributed by atoms with Gasteiger partial charge < -0.3 is 47.3 Å². The zero-order valence-electron chi connectivity index (χ0n) is 15.7. The van der Waals surface area contributed by atoms with E-state index in [1.54, 1.807) is 0 Å². The lowest BCUT2D eigenvalue weighted by Gasteiger charge is -2.10. The molecule has 13 heteroatoms. The van der Waals surface area contributed by atoms with Crippen LogP contribution in [0.25, 0.3) is 0 Å². The third kappa shape index (κ3) is 15.9. The fourth-order valence-electron chi connectivity index (χ4n) is 1.62. The molecule has 0 saturated carbocycles. The zero-order valence-corrected chi connectivity index (χ0v) is 15.7. The maximum atomic E-state index is 11.5. The molecule has 0 aromatic rings. The highest BCUT2D eigenvalue weighted by molar-refractivity contribution is 5.88. The summed E-state index contributed by atoms with van der Waals surface area (Å²) in [5, 5.41) is 18.6. The van der Waals surface area contributed by atoms with Crippen molar-refractivity contribution in [2.75, 3.05) is 59.2 Å². The number of aliphatic hydroxyl groups is 1. The maximum absolute atomic E-state index is 11.5. The number of ether oxygens (including phenoxy) is 2. The third-order valence-electron chi connectivity index (χ3n) is 3.04. The Bertz CT molecular complexity index is 492. The van der Waals surface area contributed by atoms with E-state index in [2.05, 4.69) is 21.3 Å². The number of amides is 4. The lowest BCUT2D eigenvalue weighted by Crippen LogP contribution is -2.43. The molecule has 0 aliphatic heterocycles. The Labute approximate surface area is 162 Å². The monoisotopic (exact) mass is 406 g/mol. The highest BCUT2D eigenvalue weighted by Gasteiger charge is 2.07. The minimum absolute atomic E-state index is 0.0592. The van der Waals surface area contributed by atoms with Crippen LogP contribution in [0, 0.1) is 0 Å². The smallest absolute Gasteiger partial charge is 0.239 e. The summed E-state index contributed by atoms with van der Waals surface area (Å²) in [6.45, 7) is 0.476. The second-order valence-electron chi connectivity index (χ2n) is 5.40. The Kier molecular flexibility index (Phi) is 15.4. The Morgan fingerprint density at radius 2 is 1.36 bits per heavy atom. The van der Waals surface area contributed by atoms with Gasteiger partial charge in [0.1, 0.15) is 6.23 Å². The molecule has 0 saturated heterocycles. The van der Waals surface area contributed by atoms with Gasteiger partial charge >= 0.3 is 0 Å². The average Bonchev–Trinajstić information content (AvgIpc) is 2.68. The van der Waals surface area contributed by atoms with Crippen molar-refractivity contribution in [1.82, 2.24) is 21.3 Å². The fraction of sp³-hybridized carbons (Fsp3) is 0.733. The number of carbonyl (C=O) groups excluding carboxylic acids is 4. The minimum atomic E-state index is -1.06. The third-order valence-corrected chi connectivity index (χ3v) is 3.04. The second kappa shape index (κ2) is 16.8. The van der Waals surface area contributed by atoms with E-state index in [1.165, 1.54) is 0 Å². The Balaban J connectivity index is 3.46. The van der Waals surface area contributed by atoms with Crippen molar-refractivity contribution in [3.63, 3.8) is 0 Å². The van der Waals surface area contributed by atoms with E-state index in [0.29, 0.717) is 0 Å². The molecule has 0 radical (unpaired) electrons. The highest BCUT2D eigenvalue weighted by Crippen LogP contribution is 1.86. The number of nitrogens with one attached hydrogen (secondary N) is 4. The van der Waals surface area contributed by atoms with Gasteiger partial charge in [0.15, 0.2) is 0 Å². The van der Waals surface area contributed by atoms with Crippen molar-refractivity contribution >= 4 is 23.6 Å². The Hall–Kier alpha value is -2.32. The summed E-state index contributed by atoms with van der Waals surface area (Å²) in [5.41, 5.74) is 10.2. The number of hydrogen-bond acceptors (Lipinski definition) is 9. The summed E-state index contributed by atoms with van der Waals surface area (Å²) in [7, 11) is 0. The zero-order chi connectivity index (χ0) is 21.2. The number of hydrogen-bond donors (Lipinski definition) is 7. The molecule has 9 N–H and O–H groups in total. The number of nitrogens with two attached hydrogens (primary N) is 2. The van der Waals surface area contributed by atoms with E-state index in [9.17, 15) is 19.2 Å². The van der Waals surface area contributed by atoms with Crippen LogP contribution in [-0.2, 0) is 28.7 Å². The second-order valence-corrected chi connectivity index (χ2v) is 5.40. The first-order chi connectivity index (χ1) is 13.4. The number of rotatable bonds is 16. The van der Waals surface area contributed by atoms with E-state index >= 15 is 0 Å². The predicted molar refractivity (Wildman–Crippen MR) is 97.5 cm³/mol. The molecule has 0 aliphatic rings. The first-order valence-electron chi connectivity index (χ1n) is 8.72. The number of carbonyl (C=O) groups is 4. The van der Waals surface area contributed by atoms with Gasteiger partial charge in [-0.05, 0) is 0 Å². The molecule has 0 unspecified atom stereocenters. The van der Waals surface area contributed by atoms with Crippen LogP contribution in [0.5, 0.6) is 0 Å². The fourth-order valence-corrected chi connectivity index (χ4v) is 1.62. The molecular formula is C15H30N6O7. The van der Waals surface area contributed by atoms with E-state index in [0.717, 1.165) is 0 Å². The molecule has 0 spiro atoms. The molecule has 4 amide bonds. The van der Waals surface area contributed by atoms with E-state index < -0.39 is 23.9 Å². The van der Waals surface area contributed by atoms with Crippen molar-refractivity contribution in [2.24, 2.45) is 11.5 Å². The minimum Gasteiger partial charge on any atom is -0.379 e. The van der Waals surface area contributed by atoms with Gasteiger partial charge in [0.2, 0.25) is 23.6 Å². The topological polar surface area (TPSA) is 207 Å². The van der Waals surface area contributed by atoms with Crippen LogP contribution in [0.3, 0.4) is 0 Å². The summed E-state index contributed by atoms with van der Waals surface area (Å²) in [6.07, 6.45) is -0.967. The van der Waals surface area contributed by atoms with Crippen molar-refractivity contribution < 1.29 is 33.8 Å². The Morgan fingerprint density at radius 1 is 0.786 bits per heavy atom. The summed E-state index contributed by atoms with van der Waals surface area (Å²) in [6, 6.07) is 0.